The van der Waals surface area contributed by atoms with E-state index in [0.717, 1.165) is 0 Å². The van der Waals surface area contributed by atoms with E-state index < -0.39 is 0 Å². The van der Waals surface area contributed by atoms with Crippen LogP contribution >= 0.6 is 0 Å². The first-order valence-electron chi connectivity index (χ1n) is 12.9. The molecule has 0 fully saturated rings. The first-order valence-corrected chi connectivity index (χ1v) is 12.9. The molecule has 0 saturated carbocycles. The summed E-state index contributed by atoms with van der Waals surface area (Å²) in [6.07, 6.45) is 28.0. The Bertz CT molecular complexity index is 363. The minimum Gasteiger partial charge on any atom is -0.356 e. The van der Waals surface area contributed by atoms with Crippen LogP contribution in [-0.2, 0) is 0 Å². The average Bonchev–Trinajstić information content (AvgIpc) is 3.09. The maximum absolute atomic E-state index is 2.61. The van der Waals surface area contributed by atoms with Crippen LogP contribution in [0.4, 0.5) is 0 Å². The van der Waals surface area contributed by atoms with E-state index in [9.17, 15) is 0 Å². The second-order valence-electron chi connectivity index (χ2n) is 9.38. The van der Waals surface area contributed by atoms with Gasteiger partial charge < -0.3 is 9.80 Å². The molecule has 0 radical (unpaired) electrons. The van der Waals surface area contributed by atoms with E-state index in [1.807, 2.05) is 0 Å². The van der Waals surface area contributed by atoms with Crippen LogP contribution in [0.2, 0.25) is 0 Å². The lowest BCUT2D eigenvalue weighted by molar-refractivity contribution is 0.104. The SMILES string of the molecule is CCCCCCCCCCCCCCCN1C=CN(CCCCC)C1C(C)C. The predicted molar refractivity (Wildman–Crippen MR) is 126 cm³/mol. The minimum absolute atomic E-state index is 0.592. The van der Waals surface area contributed by atoms with Gasteiger partial charge in [0.05, 0.1) is 0 Å². The fourth-order valence-electron chi connectivity index (χ4n) is 4.57. The van der Waals surface area contributed by atoms with Gasteiger partial charge in [0.2, 0.25) is 0 Å². The van der Waals surface area contributed by atoms with Gasteiger partial charge in [0.15, 0.2) is 0 Å². The zero-order valence-corrected chi connectivity index (χ0v) is 19.9. The molecule has 2 nitrogen and oxygen atoms in total. The average molecular weight is 393 g/mol. The Kier molecular flexibility index (Phi) is 15.6. The molecule has 0 aromatic carbocycles. The second kappa shape index (κ2) is 17.2. The number of unbranched alkanes of at least 4 members (excludes halogenated alkanes) is 14. The molecule has 166 valence electrons. The molecular formula is C26H52N2. The smallest absolute Gasteiger partial charge is 0.103 e. The van der Waals surface area contributed by atoms with Crippen molar-refractivity contribution in [3.05, 3.63) is 12.4 Å². The molecule has 1 aliphatic heterocycles. The highest BCUT2D eigenvalue weighted by atomic mass is 15.4. The molecule has 0 bridgehead atoms. The van der Waals surface area contributed by atoms with Crippen molar-refractivity contribution in [2.75, 3.05) is 13.1 Å². The van der Waals surface area contributed by atoms with Gasteiger partial charge in [-0.15, -0.1) is 0 Å². The van der Waals surface area contributed by atoms with Crippen molar-refractivity contribution < 1.29 is 0 Å². The van der Waals surface area contributed by atoms with Crippen molar-refractivity contribution in [2.45, 2.75) is 137 Å². The van der Waals surface area contributed by atoms with E-state index in [0.29, 0.717) is 12.1 Å². The number of nitrogens with zero attached hydrogens (tertiary/aromatic N) is 2. The maximum Gasteiger partial charge on any atom is 0.103 e. The number of hydrogen-bond acceptors (Lipinski definition) is 2. The number of hydrogen-bond donors (Lipinski definition) is 0. The van der Waals surface area contributed by atoms with Crippen molar-refractivity contribution in [3.63, 3.8) is 0 Å². The third-order valence-corrected chi connectivity index (χ3v) is 6.27. The highest BCUT2D eigenvalue weighted by Crippen LogP contribution is 2.24. The van der Waals surface area contributed by atoms with Gasteiger partial charge in [0.1, 0.15) is 6.17 Å². The summed E-state index contributed by atoms with van der Waals surface area (Å²) in [5.74, 6) is 0.693. The van der Waals surface area contributed by atoms with Crippen LogP contribution in [0.5, 0.6) is 0 Å². The molecular weight excluding hydrogens is 340 g/mol. The normalized spacial score (nSPS) is 16.7. The molecule has 1 aliphatic rings. The van der Waals surface area contributed by atoms with Crippen LogP contribution in [0.25, 0.3) is 0 Å². The third-order valence-electron chi connectivity index (χ3n) is 6.27. The summed E-state index contributed by atoms with van der Waals surface area (Å²) in [6, 6.07) is 0. The molecule has 0 N–H and O–H groups in total. The molecule has 1 heterocycles. The van der Waals surface area contributed by atoms with Crippen molar-refractivity contribution in [2.24, 2.45) is 5.92 Å². The Morgan fingerprint density at radius 2 is 0.857 bits per heavy atom. The molecule has 28 heavy (non-hydrogen) atoms. The predicted octanol–water partition coefficient (Wildman–Crippen LogP) is 8.34. The van der Waals surface area contributed by atoms with E-state index >= 15 is 0 Å². The fraction of sp³-hybridized carbons (Fsp3) is 0.923. The van der Waals surface area contributed by atoms with Crippen LogP contribution in [0.1, 0.15) is 130 Å². The topological polar surface area (TPSA) is 6.48 Å². The van der Waals surface area contributed by atoms with Gasteiger partial charge in [-0.05, 0) is 18.8 Å². The van der Waals surface area contributed by atoms with Crippen LogP contribution in [0.15, 0.2) is 12.4 Å². The lowest BCUT2D eigenvalue weighted by Gasteiger charge is -2.36. The van der Waals surface area contributed by atoms with Gasteiger partial charge in [0.25, 0.3) is 0 Å². The maximum atomic E-state index is 2.61. The summed E-state index contributed by atoms with van der Waals surface area (Å²) in [6.45, 7) is 11.8. The molecule has 2 heteroatoms. The van der Waals surface area contributed by atoms with E-state index in [1.54, 1.807) is 0 Å². The van der Waals surface area contributed by atoms with Crippen LogP contribution in [0.3, 0.4) is 0 Å². The van der Waals surface area contributed by atoms with Gasteiger partial charge in [-0.2, -0.15) is 0 Å². The Morgan fingerprint density at radius 1 is 0.536 bits per heavy atom. The highest BCUT2D eigenvalue weighted by molar-refractivity contribution is 4.98. The third kappa shape index (κ3) is 11.4. The largest absolute Gasteiger partial charge is 0.356 e. The van der Waals surface area contributed by atoms with Crippen molar-refractivity contribution in [3.8, 4) is 0 Å². The summed E-state index contributed by atoms with van der Waals surface area (Å²) >= 11 is 0. The Hall–Kier alpha value is -0.660. The molecule has 1 unspecified atom stereocenters. The van der Waals surface area contributed by atoms with E-state index in [4.69, 9.17) is 0 Å². The standard InChI is InChI=1S/C26H52N2/c1-5-7-9-10-11-12-13-14-15-16-17-18-20-22-28-24-23-27(21-19-8-6-2)26(28)25(3)4/h23-26H,5-22H2,1-4H3. The number of rotatable bonds is 19. The van der Waals surface area contributed by atoms with Crippen LogP contribution in [-0.4, -0.2) is 29.1 Å². The zero-order valence-electron chi connectivity index (χ0n) is 19.9. The van der Waals surface area contributed by atoms with E-state index in [1.165, 1.54) is 116 Å². The summed E-state index contributed by atoms with van der Waals surface area (Å²) < 4.78 is 0. The molecule has 0 amide bonds. The molecule has 1 rings (SSSR count). The van der Waals surface area contributed by atoms with Gasteiger partial charge in [-0.3, -0.25) is 0 Å². The van der Waals surface area contributed by atoms with E-state index in [-0.39, 0.29) is 0 Å². The highest BCUT2D eigenvalue weighted by Gasteiger charge is 2.27. The molecule has 1 atom stereocenters. The van der Waals surface area contributed by atoms with E-state index in [2.05, 4.69) is 49.9 Å². The van der Waals surface area contributed by atoms with Crippen molar-refractivity contribution >= 4 is 0 Å². The molecule has 0 aromatic heterocycles. The van der Waals surface area contributed by atoms with Gasteiger partial charge in [-0.25, -0.2) is 0 Å². The fourth-order valence-corrected chi connectivity index (χ4v) is 4.57. The lowest BCUT2D eigenvalue weighted by atomic mass is 10.0. The summed E-state index contributed by atoms with van der Waals surface area (Å²) in [5.41, 5.74) is 0. The van der Waals surface area contributed by atoms with Gasteiger partial charge in [0, 0.05) is 25.5 Å². The lowest BCUT2D eigenvalue weighted by Crippen LogP contribution is -2.43. The van der Waals surface area contributed by atoms with Gasteiger partial charge >= 0.3 is 0 Å². The summed E-state index contributed by atoms with van der Waals surface area (Å²) in [7, 11) is 0. The first kappa shape index (κ1) is 25.4. The Morgan fingerprint density at radius 3 is 1.25 bits per heavy atom. The molecule has 0 aromatic rings. The quantitative estimate of drug-likeness (QED) is 0.204. The monoisotopic (exact) mass is 392 g/mol. The molecule has 0 saturated heterocycles. The van der Waals surface area contributed by atoms with Crippen LogP contribution < -0.4 is 0 Å². The Balaban J connectivity index is 2.00. The summed E-state index contributed by atoms with van der Waals surface area (Å²) in [5, 5.41) is 0. The van der Waals surface area contributed by atoms with Crippen molar-refractivity contribution in [1.82, 2.24) is 9.80 Å². The second-order valence-corrected chi connectivity index (χ2v) is 9.38. The van der Waals surface area contributed by atoms with Crippen LogP contribution in [0, 0.1) is 5.92 Å². The Labute approximate surface area is 178 Å². The molecule has 0 aliphatic carbocycles. The first-order chi connectivity index (χ1) is 13.7. The molecule has 0 spiro atoms. The zero-order chi connectivity index (χ0) is 20.5. The van der Waals surface area contributed by atoms with Gasteiger partial charge in [-0.1, -0.05) is 118 Å². The van der Waals surface area contributed by atoms with Crippen molar-refractivity contribution in [1.29, 1.82) is 0 Å². The summed E-state index contributed by atoms with van der Waals surface area (Å²) in [4.78, 5) is 5.19. The minimum atomic E-state index is 0.592.